The maximum atomic E-state index is 13.4. The van der Waals surface area contributed by atoms with E-state index in [9.17, 15) is 8.78 Å². The van der Waals surface area contributed by atoms with Gasteiger partial charge in [0.15, 0.2) is 17.4 Å². The second kappa shape index (κ2) is 7.43. The van der Waals surface area contributed by atoms with Gasteiger partial charge >= 0.3 is 0 Å². The van der Waals surface area contributed by atoms with Gasteiger partial charge in [-0.1, -0.05) is 42.3 Å². The van der Waals surface area contributed by atoms with Crippen molar-refractivity contribution in [2.75, 3.05) is 0 Å². The molecule has 0 aliphatic rings. The second-order valence-corrected chi connectivity index (χ2v) is 6.24. The van der Waals surface area contributed by atoms with Crippen LogP contribution < -0.4 is 0 Å². The number of halogens is 2. The molecule has 0 unspecified atom stereocenters. The Bertz CT molecular complexity index is 1150. The molecule has 132 valence electrons. The summed E-state index contributed by atoms with van der Waals surface area (Å²) < 4.78 is 32.1. The molecule has 0 spiro atoms. The first kappa shape index (κ1) is 17.0. The van der Waals surface area contributed by atoms with Gasteiger partial charge in [0.1, 0.15) is 0 Å². The van der Waals surface area contributed by atoms with Gasteiger partial charge < -0.3 is 4.42 Å². The van der Waals surface area contributed by atoms with Crippen molar-refractivity contribution in [1.82, 2.24) is 4.98 Å². The summed E-state index contributed by atoms with van der Waals surface area (Å²) in [5.74, 6) is 4.97. The largest absolute Gasteiger partial charge is 0.429 e. The highest BCUT2D eigenvalue weighted by atomic mass is 19.2. The molecule has 0 aliphatic heterocycles. The molecule has 4 heteroatoms. The van der Waals surface area contributed by atoms with E-state index in [2.05, 4.69) is 16.8 Å². The van der Waals surface area contributed by atoms with E-state index in [-0.39, 0.29) is 0 Å². The first-order chi connectivity index (χ1) is 13.2. The van der Waals surface area contributed by atoms with Crippen LogP contribution in [0.3, 0.4) is 0 Å². The Morgan fingerprint density at radius 2 is 1.70 bits per heavy atom. The number of pyridine rings is 1. The highest BCUT2D eigenvalue weighted by Crippen LogP contribution is 2.20. The molecule has 2 aromatic carbocycles. The quantitative estimate of drug-likeness (QED) is 0.465. The molecular formula is C23H15F2NO. The highest BCUT2D eigenvalue weighted by Gasteiger charge is 2.07. The van der Waals surface area contributed by atoms with Crippen LogP contribution in [0.1, 0.15) is 22.5 Å². The van der Waals surface area contributed by atoms with E-state index in [0.717, 1.165) is 22.6 Å². The van der Waals surface area contributed by atoms with Crippen molar-refractivity contribution in [2.24, 2.45) is 0 Å². The topological polar surface area (TPSA) is 26.0 Å². The van der Waals surface area contributed by atoms with Gasteiger partial charge in [0, 0.05) is 24.1 Å². The van der Waals surface area contributed by atoms with Crippen LogP contribution in [0.4, 0.5) is 8.78 Å². The maximum absolute atomic E-state index is 13.4. The Balaban J connectivity index is 1.52. The van der Waals surface area contributed by atoms with E-state index >= 15 is 0 Å². The molecule has 27 heavy (non-hydrogen) atoms. The minimum absolute atomic E-state index is 0.459. The summed E-state index contributed by atoms with van der Waals surface area (Å²) in [4.78, 5) is 4.30. The molecule has 2 aromatic heterocycles. The number of hydrogen-bond acceptors (Lipinski definition) is 2. The van der Waals surface area contributed by atoms with Crippen LogP contribution in [0.15, 0.2) is 71.3 Å². The number of fused-ring (bicyclic) bond motifs is 1. The van der Waals surface area contributed by atoms with Crippen molar-refractivity contribution in [3.63, 3.8) is 0 Å². The van der Waals surface area contributed by atoms with Crippen molar-refractivity contribution in [3.05, 3.63) is 101 Å². The lowest BCUT2D eigenvalue weighted by atomic mass is 10.1. The smallest absolute Gasteiger partial charge is 0.227 e. The lowest BCUT2D eigenvalue weighted by molar-refractivity contribution is 0.507. The van der Waals surface area contributed by atoms with Crippen LogP contribution in [0.25, 0.3) is 11.1 Å². The minimum Gasteiger partial charge on any atom is -0.429 e. The zero-order chi connectivity index (χ0) is 18.6. The molecule has 0 bridgehead atoms. The summed E-state index contributed by atoms with van der Waals surface area (Å²) in [6, 6.07) is 17.7. The number of nitrogens with zero attached hydrogens (tertiary/aromatic N) is 1. The predicted molar refractivity (Wildman–Crippen MR) is 100 cm³/mol. The van der Waals surface area contributed by atoms with E-state index in [0.29, 0.717) is 29.9 Å². The SMILES string of the molecule is Fc1ccc(Cc2cnc3oc(C#CCc4ccccc4)cc3c2)cc1F. The Morgan fingerprint density at radius 1 is 0.852 bits per heavy atom. The number of rotatable bonds is 3. The monoisotopic (exact) mass is 359 g/mol. The summed E-state index contributed by atoms with van der Waals surface area (Å²) >= 11 is 0. The molecule has 0 fully saturated rings. The third kappa shape index (κ3) is 4.04. The zero-order valence-electron chi connectivity index (χ0n) is 14.4. The summed E-state index contributed by atoms with van der Waals surface area (Å²) in [7, 11) is 0. The van der Waals surface area contributed by atoms with Gasteiger partial charge in [0.05, 0.1) is 0 Å². The summed E-state index contributed by atoms with van der Waals surface area (Å²) in [5, 5.41) is 0.832. The van der Waals surface area contributed by atoms with Gasteiger partial charge in [-0.2, -0.15) is 0 Å². The molecule has 2 heterocycles. The third-order valence-electron chi connectivity index (χ3n) is 4.17. The van der Waals surface area contributed by atoms with Gasteiger partial charge in [-0.3, -0.25) is 0 Å². The van der Waals surface area contributed by atoms with E-state index < -0.39 is 11.6 Å². The van der Waals surface area contributed by atoms with Crippen LogP contribution in [-0.4, -0.2) is 4.98 Å². The summed E-state index contributed by atoms with van der Waals surface area (Å²) in [6.45, 7) is 0. The fourth-order valence-electron chi connectivity index (χ4n) is 2.85. The van der Waals surface area contributed by atoms with Crippen molar-refractivity contribution < 1.29 is 13.2 Å². The molecule has 0 saturated heterocycles. The van der Waals surface area contributed by atoms with Gasteiger partial charge in [0.25, 0.3) is 0 Å². The average molecular weight is 359 g/mol. The summed E-state index contributed by atoms with van der Waals surface area (Å²) in [6.07, 6.45) is 2.78. The Kier molecular flexibility index (Phi) is 4.67. The van der Waals surface area contributed by atoms with Gasteiger partial charge in [-0.25, -0.2) is 13.8 Å². The Hall–Kier alpha value is -3.45. The molecule has 4 aromatic rings. The molecule has 0 saturated carbocycles. The zero-order valence-corrected chi connectivity index (χ0v) is 14.4. The van der Waals surface area contributed by atoms with Crippen LogP contribution in [0.5, 0.6) is 0 Å². The van der Waals surface area contributed by atoms with Gasteiger partial charge in [-0.15, -0.1) is 0 Å². The average Bonchev–Trinajstić information content (AvgIpc) is 3.08. The van der Waals surface area contributed by atoms with Crippen molar-refractivity contribution in [3.8, 4) is 11.8 Å². The Labute approximate surface area is 155 Å². The van der Waals surface area contributed by atoms with E-state index in [4.69, 9.17) is 4.42 Å². The van der Waals surface area contributed by atoms with Crippen LogP contribution in [0, 0.1) is 23.5 Å². The molecule has 2 nitrogen and oxygen atoms in total. The van der Waals surface area contributed by atoms with Crippen molar-refractivity contribution in [1.29, 1.82) is 0 Å². The van der Waals surface area contributed by atoms with Crippen LogP contribution >= 0.6 is 0 Å². The molecule has 0 atom stereocenters. The number of benzene rings is 2. The number of aromatic nitrogens is 1. The van der Waals surface area contributed by atoms with Crippen LogP contribution in [-0.2, 0) is 12.8 Å². The van der Waals surface area contributed by atoms with Gasteiger partial charge in [0.2, 0.25) is 5.71 Å². The summed E-state index contributed by atoms with van der Waals surface area (Å²) in [5.41, 5.74) is 3.22. The number of hydrogen-bond donors (Lipinski definition) is 0. The van der Waals surface area contributed by atoms with Gasteiger partial charge in [-0.05, 0) is 47.2 Å². The second-order valence-electron chi connectivity index (χ2n) is 6.24. The highest BCUT2D eigenvalue weighted by molar-refractivity contribution is 5.75. The molecule has 0 amide bonds. The first-order valence-electron chi connectivity index (χ1n) is 8.52. The van der Waals surface area contributed by atoms with Crippen molar-refractivity contribution >= 4 is 11.1 Å². The maximum Gasteiger partial charge on any atom is 0.227 e. The van der Waals surface area contributed by atoms with Crippen molar-refractivity contribution in [2.45, 2.75) is 12.8 Å². The van der Waals surface area contributed by atoms with E-state index in [1.165, 1.54) is 6.07 Å². The normalized spacial score (nSPS) is 10.6. The molecule has 4 rings (SSSR count). The van der Waals surface area contributed by atoms with Crippen LogP contribution in [0.2, 0.25) is 0 Å². The standard InChI is InChI=1S/C23H15F2NO/c24-21-10-9-17(13-22(21)25)11-18-12-19-14-20(27-23(19)26-15-18)8-4-7-16-5-2-1-3-6-16/h1-3,5-6,9-10,12-15H,7,11H2. The fraction of sp³-hybridized carbons (Fsp3) is 0.0870. The Morgan fingerprint density at radius 3 is 2.52 bits per heavy atom. The minimum atomic E-state index is -0.846. The first-order valence-corrected chi connectivity index (χ1v) is 8.52. The lowest BCUT2D eigenvalue weighted by Gasteiger charge is -2.02. The molecule has 0 N–H and O–H groups in total. The molecule has 0 aliphatic carbocycles. The lowest BCUT2D eigenvalue weighted by Crippen LogP contribution is -1.92. The predicted octanol–water partition coefficient (Wildman–Crippen LogP) is 5.29. The fourth-order valence-corrected chi connectivity index (χ4v) is 2.85. The van der Waals surface area contributed by atoms with E-state index in [1.807, 2.05) is 42.5 Å². The molecule has 0 radical (unpaired) electrons. The third-order valence-corrected chi connectivity index (χ3v) is 4.17. The molecular weight excluding hydrogens is 344 g/mol. The number of furan rings is 1. The van der Waals surface area contributed by atoms with E-state index in [1.54, 1.807) is 12.3 Å².